The van der Waals surface area contributed by atoms with E-state index in [1.54, 1.807) is 42.6 Å². The number of anilines is 1. The Morgan fingerprint density at radius 3 is 2.69 bits per heavy atom. The second kappa shape index (κ2) is 8.20. The molecule has 1 saturated heterocycles. The maximum Gasteiger partial charge on any atom is 0.407 e. The zero-order chi connectivity index (χ0) is 24.9. The van der Waals surface area contributed by atoms with Gasteiger partial charge in [-0.3, -0.25) is 9.20 Å². The molecule has 1 aliphatic heterocycles. The summed E-state index contributed by atoms with van der Waals surface area (Å²) in [5.41, 5.74) is 2.57. The Labute approximate surface area is 200 Å². The number of aliphatic hydroxyl groups is 1. The Balaban J connectivity index is 1.38. The molecule has 1 aromatic carbocycles. The summed E-state index contributed by atoms with van der Waals surface area (Å²) in [4.78, 5) is 34.1. The van der Waals surface area contributed by atoms with Crippen LogP contribution >= 0.6 is 0 Å². The number of likely N-dealkylation sites (tertiary alicyclic amines) is 1. The maximum atomic E-state index is 13.1. The minimum Gasteiger partial charge on any atom is -0.465 e. The third-order valence-corrected chi connectivity index (χ3v) is 6.13. The van der Waals surface area contributed by atoms with Gasteiger partial charge >= 0.3 is 6.09 Å². The molecule has 0 radical (unpaired) electrons. The highest BCUT2D eigenvalue weighted by atomic mass is 16.5. The van der Waals surface area contributed by atoms with Gasteiger partial charge in [0, 0.05) is 30.5 Å². The fraction of sp³-hybridized carbons (Fsp3) is 0.292. The summed E-state index contributed by atoms with van der Waals surface area (Å²) in [6.45, 7) is 5.87. The Hall–Kier alpha value is -4.25. The number of carbonyl (C=O) groups is 2. The molecule has 11 nitrogen and oxygen atoms in total. The van der Waals surface area contributed by atoms with Gasteiger partial charge in [-0.15, -0.1) is 0 Å². The summed E-state index contributed by atoms with van der Waals surface area (Å²) in [6.07, 6.45) is 2.22. The molecule has 1 aliphatic rings. The number of amides is 2. The number of rotatable bonds is 5. The number of imidazole rings is 1. The van der Waals surface area contributed by atoms with Gasteiger partial charge in [0.25, 0.3) is 5.91 Å². The largest absolute Gasteiger partial charge is 0.465 e. The number of nitrogens with one attached hydrogen (secondary N) is 1. The number of carbonyl (C=O) groups excluding carboxylic acids is 1. The van der Waals surface area contributed by atoms with Crippen LogP contribution in [0.1, 0.15) is 47.3 Å². The summed E-state index contributed by atoms with van der Waals surface area (Å²) in [7, 11) is 0. The average molecular weight is 476 g/mol. The minimum absolute atomic E-state index is 0.124. The van der Waals surface area contributed by atoms with Crippen molar-refractivity contribution in [3.63, 3.8) is 0 Å². The van der Waals surface area contributed by atoms with Crippen LogP contribution in [-0.4, -0.2) is 59.7 Å². The first-order valence-corrected chi connectivity index (χ1v) is 11.0. The molecule has 0 aliphatic carbocycles. The SMILES string of the molecule is Cc1ccc(-c2noc(C3CN(C(=O)O)C3)n2)cc1NC(=O)c1cnc2ccc(C(C)(C)O)cn12. The predicted octanol–water partition coefficient (Wildman–Crippen LogP) is 3.25. The van der Waals surface area contributed by atoms with Crippen molar-refractivity contribution in [1.29, 1.82) is 0 Å². The number of hydrogen-bond donors (Lipinski definition) is 3. The predicted molar refractivity (Wildman–Crippen MR) is 125 cm³/mol. The van der Waals surface area contributed by atoms with Crippen LogP contribution in [0.15, 0.2) is 47.2 Å². The van der Waals surface area contributed by atoms with Gasteiger partial charge in [-0.25, -0.2) is 9.78 Å². The molecule has 5 rings (SSSR count). The van der Waals surface area contributed by atoms with Crippen molar-refractivity contribution < 1.29 is 24.3 Å². The lowest BCUT2D eigenvalue weighted by Gasteiger charge is -2.34. The van der Waals surface area contributed by atoms with E-state index in [0.29, 0.717) is 53.0 Å². The van der Waals surface area contributed by atoms with Crippen LogP contribution in [0.4, 0.5) is 10.5 Å². The van der Waals surface area contributed by atoms with E-state index in [2.05, 4.69) is 20.4 Å². The fourth-order valence-electron chi connectivity index (χ4n) is 3.90. The topological polar surface area (TPSA) is 146 Å². The van der Waals surface area contributed by atoms with Gasteiger partial charge in [0.1, 0.15) is 11.3 Å². The summed E-state index contributed by atoms with van der Waals surface area (Å²) in [6, 6.07) is 8.96. The van der Waals surface area contributed by atoms with E-state index in [1.165, 1.54) is 11.1 Å². The van der Waals surface area contributed by atoms with Crippen LogP contribution in [0.5, 0.6) is 0 Å². The summed E-state index contributed by atoms with van der Waals surface area (Å²) < 4.78 is 6.99. The third-order valence-electron chi connectivity index (χ3n) is 6.13. The molecule has 0 saturated carbocycles. The molecular formula is C24H24N6O5. The van der Waals surface area contributed by atoms with Crippen molar-refractivity contribution in [2.24, 2.45) is 0 Å². The van der Waals surface area contributed by atoms with Crippen molar-refractivity contribution >= 4 is 23.3 Å². The first-order chi connectivity index (χ1) is 16.6. The highest BCUT2D eigenvalue weighted by Gasteiger charge is 2.35. The fourth-order valence-corrected chi connectivity index (χ4v) is 3.90. The van der Waals surface area contributed by atoms with Gasteiger partial charge in [-0.1, -0.05) is 23.4 Å². The summed E-state index contributed by atoms with van der Waals surface area (Å²) in [5, 5.41) is 26.3. The normalized spacial score (nSPS) is 14.2. The number of fused-ring (bicyclic) bond motifs is 1. The Morgan fingerprint density at radius 2 is 1.97 bits per heavy atom. The minimum atomic E-state index is -1.06. The van der Waals surface area contributed by atoms with E-state index in [1.807, 2.05) is 19.1 Å². The molecule has 3 N–H and O–H groups in total. The number of aryl methyl sites for hydroxylation is 1. The van der Waals surface area contributed by atoms with Crippen molar-refractivity contribution in [3.05, 3.63) is 65.4 Å². The van der Waals surface area contributed by atoms with Gasteiger partial charge < -0.3 is 25.0 Å². The van der Waals surface area contributed by atoms with E-state index in [-0.39, 0.29) is 11.8 Å². The van der Waals surface area contributed by atoms with E-state index < -0.39 is 11.7 Å². The van der Waals surface area contributed by atoms with Crippen LogP contribution in [0.25, 0.3) is 17.0 Å². The van der Waals surface area contributed by atoms with Crippen LogP contribution in [0.3, 0.4) is 0 Å². The van der Waals surface area contributed by atoms with Gasteiger partial charge in [0.2, 0.25) is 11.7 Å². The Kier molecular flexibility index (Phi) is 5.28. The standard InChI is InChI=1S/C24H24N6O5/c1-13-4-5-14(20-27-22(35-28-20)15-10-29(11-15)23(32)33)8-17(13)26-21(31)18-9-25-19-7-6-16(12-30(18)19)24(2,3)34/h4-9,12,15,34H,10-11H2,1-3H3,(H,26,31)(H,32,33). The number of aromatic nitrogens is 4. The number of nitrogens with zero attached hydrogens (tertiary/aromatic N) is 5. The number of hydrogen-bond acceptors (Lipinski definition) is 7. The molecule has 4 heterocycles. The zero-order valence-electron chi connectivity index (χ0n) is 19.4. The van der Waals surface area contributed by atoms with E-state index in [0.717, 1.165) is 5.56 Å². The van der Waals surface area contributed by atoms with Gasteiger partial charge in [0.05, 0.1) is 17.7 Å². The monoisotopic (exact) mass is 476 g/mol. The van der Waals surface area contributed by atoms with E-state index >= 15 is 0 Å². The molecule has 3 aromatic heterocycles. The van der Waals surface area contributed by atoms with Crippen LogP contribution in [-0.2, 0) is 5.60 Å². The molecule has 1 fully saturated rings. The van der Waals surface area contributed by atoms with E-state index in [4.69, 9.17) is 9.63 Å². The number of benzene rings is 1. The lowest BCUT2D eigenvalue weighted by Crippen LogP contribution is -2.47. The van der Waals surface area contributed by atoms with Crippen LogP contribution in [0, 0.1) is 6.92 Å². The first kappa shape index (κ1) is 22.5. The molecule has 35 heavy (non-hydrogen) atoms. The molecule has 0 bridgehead atoms. The second-order valence-corrected chi connectivity index (χ2v) is 9.17. The smallest absolute Gasteiger partial charge is 0.407 e. The second-order valence-electron chi connectivity index (χ2n) is 9.17. The lowest BCUT2D eigenvalue weighted by atomic mass is 10.0. The quantitative estimate of drug-likeness (QED) is 0.398. The molecule has 0 atom stereocenters. The van der Waals surface area contributed by atoms with Crippen LogP contribution in [0.2, 0.25) is 0 Å². The molecule has 0 spiro atoms. The van der Waals surface area contributed by atoms with Crippen molar-refractivity contribution in [1.82, 2.24) is 24.4 Å². The van der Waals surface area contributed by atoms with Crippen molar-refractivity contribution in [3.8, 4) is 11.4 Å². The molecular weight excluding hydrogens is 452 g/mol. The highest BCUT2D eigenvalue weighted by Crippen LogP contribution is 2.29. The number of pyridine rings is 1. The molecule has 2 amide bonds. The summed E-state index contributed by atoms with van der Waals surface area (Å²) >= 11 is 0. The van der Waals surface area contributed by atoms with Gasteiger partial charge in [-0.2, -0.15) is 4.98 Å². The maximum absolute atomic E-state index is 13.1. The number of carboxylic acid groups (broad SMARTS) is 1. The average Bonchev–Trinajstić information content (AvgIpc) is 3.40. The van der Waals surface area contributed by atoms with E-state index in [9.17, 15) is 14.7 Å². The Bertz CT molecular complexity index is 1440. The highest BCUT2D eigenvalue weighted by molar-refractivity contribution is 6.04. The zero-order valence-corrected chi connectivity index (χ0v) is 19.4. The first-order valence-electron chi connectivity index (χ1n) is 11.0. The van der Waals surface area contributed by atoms with Gasteiger partial charge in [0.15, 0.2) is 0 Å². The Morgan fingerprint density at radius 1 is 1.20 bits per heavy atom. The van der Waals surface area contributed by atoms with Crippen molar-refractivity contribution in [2.75, 3.05) is 18.4 Å². The van der Waals surface area contributed by atoms with Crippen molar-refractivity contribution in [2.45, 2.75) is 32.3 Å². The lowest BCUT2D eigenvalue weighted by molar-refractivity contribution is 0.0780. The molecule has 180 valence electrons. The molecule has 11 heteroatoms. The molecule has 0 unspecified atom stereocenters. The molecule has 4 aromatic rings. The summed E-state index contributed by atoms with van der Waals surface area (Å²) in [5.74, 6) is 0.259. The van der Waals surface area contributed by atoms with Gasteiger partial charge in [-0.05, 0) is 44.0 Å². The van der Waals surface area contributed by atoms with Crippen LogP contribution < -0.4 is 5.32 Å². The third kappa shape index (κ3) is 4.21.